The Hall–Kier alpha value is -2.25. The Bertz CT molecular complexity index is 946. The van der Waals surface area contributed by atoms with Crippen molar-refractivity contribution < 1.29 is 34.1 Å². The van der Waals surface area contributed by atoms with E-state index in [0.717, 1.165) is 0 Å². The van der Waals surface area contributed by atoms with Crippen LogP contribution < -0.4 is 0 Å². The predicted molar refractivity (Wildman–Crippen MR) is 110 cm³/mol. The summed E-state index contributed by atoms with van der Waals surface area (Å²) in [5.74, 6) is -2.18. The SMILES string of the molecule is COC(=O)[C@@]1(O)[C@@H](C)C[C@H]2[C@@H]3C=C(OC(C)=O)C4=CC(=O)C=C[C@]4(C)[C@H]3[C@@H](O)C[C@@]21C. The molecule has 0 saturated heterocycles. The summed E-state index contributed by atoms with van der Waals surface area (Å²) < 4.78 is 10.5. The first kappa shape index (κ1) is 22.0. The zero-order valence-corrected chi connectivity index (χ0v) is 18.5. The van der Waals surface area contributed by atoms with Crippen LogP contribution in [0.2, 0.25) is 0 Å². The average molecular weight is 430 g/mol. The molecule has 2 N–H and O–H groups in total. The van der Waals surface area contributed by atoms with E-state index in [4.69, 9.17) is 9.47 Å². The third-order valence-electron chi connectivity index (χ3n) is 8.45. The fourth-order valence-corrected chi connectivity index (χ4v) is 7.05. The van der Waals surface area contributed by atoms with E-state index >= 15 is 0 Å². The summed E-state index contributed by atoms with van der Waals surface area (Å²) >= 11 is 0. The molecule has 0 bridgehead atoms. The number of rotatable bonds is 2. The molecule has 0 aliphatic heterocycles. The van der Waals surface area contributed by atoms with Crippen LogP contribution in [-0.4, -0.2) is 46.7 Å². The van der Waals surface area contributed by atoms with Gasteiger partial charge < -0.3 is 19.7 Å². The zero-order valence-electron chi connectivity index (χ0n) is 18.5. The van der Waals surface area contributed by atoms with Gasteiger partial charge in [-0.05, 0) is 48.8 Å². The van der Waals surface area contributed by atoms with Crippen LogP contribution in [-0.2, 0) is 23.9 Å². The van der Waals surface area contributed by atoms with E-state index in [1.54, 1.807) is 6.08 Å². The number of aliphatic hydroxyl groups is 2. The Morgan fingerprint density at radius 2 is 1.94 bits per heavy atom. The molecule has 2 saturated carbocycles. The lowest BCUT2D eigenvalue weighted by Crippen LogP contribution is -2.62. The van der Waals surface area contributed by atoms with Crippen LogP contribution in [0.5, 0.6) is 0 Å². The summed E-state index contributed by atoms with van der Waals surface area (Å²) in [7, 11) is 1.26. The van der Waals surface area contributed by atoms with Gasteiger partial charge in [0, 0.05) is 29.2 Å². The number of hydrogen-bond donors (Lipinski definition) is 2. The van der Waals surface area contributed by atoms with Crippen molar-refractivity contribution in [1.82, 2.24) is 0 Å². The number of aliphatic hydroxyl groups excluding tert-OH is 1. The standard InChI is InChI=1S/C24H30O7/c1-12-8-16-15-10-19(31-13(2)25)17-9-14(26)6-7-22(17,3)20(15)18(27)11-23(16,4)24(12,29)21(28)30-5/h6-7,9-10,12,15-16,18,20,27,29H,8,11H2,1-5H3/t12-,15-,16-,18-,20+,22-,23-,24-/m0/s1. The van der Waals surface area contributed by atoms with Crippen LogP contribution >= 0.6 is 0 Å². The van der Waals surface area contributed by atoms with E-state index in [1.165, 1.54) is 26.2 Å². The second-order valence-corrected chi connectivity index (χ2v) is 9.99. The van der Waals surface area contributed by atoms with Crippen molar-refractivity contribution in [3.63, 3.8) is 0 Å². The fourth-order valence-electron chi connectivity index (χ4n) is 7.05. The minimum absolute atomic E-state index is 0.157. The number of esters is 2. The average Bonchev–Trinajstić information content (AvgIpc) is 2.89. The molecule has 8 atom stereocenters. The highest BCUT2D eigenvalue weighted by Gasteiger charge is 2.71. The van der Waals surface area contributed by atoms with Crippen molar-refractivity contribution in [3.8, 4) is 0 Å². The molecule has 7 nitrogen and oxygen atoms in total. The Labute approximate surface area is 181 Å². The maximum Gasteiger partial charge on any atom is 0.338 e. The van der Waals surface area contributed by atoms with Crippen LogP contribution in [0.25, 0.3) is 0 Å². The molecule has 7 heteroatoms. The Kier molecular flexibility index (Phi) is 4.87. The minimum Gasteiger partial charge on any atom is -0.467 e. The van der Waals surface area contributed by atoms with Gasteiger partial charge in [-0.3, -0.25) is 9.59 Å². The molecule has 31 heavy (non-hydrogen) atoms. The van der Waals surface area contributed by atoms with Crippen molar-refractivity contribution in [2.75, 3.05) is 7.11 Å². The Balaban J connectivity index is 1.90. The van der Waals surface area contributed by atoms with Gasteiger partial charge in [-0.1, -0.05) is 26.8 Å². The van der Waals surface area contributed by atoms with Crippen LogP contribution in [0.3, 0.4) is 0 Å². The summed E-state index contributed by atoms with van der Waals surface area (Å²) in [4.78, 5) is 36.7. The number of hydrogen-bond acceptors (Lipinski definition) is 7. The molecule has 4 aliphatic carbocycles. The summed E-state index contributed by atoms with van der Waals surface area (Å²) in [6.45, 7) is 6.91. The van der Waals surface area contributed by atoms with E-state index in [-0.39, 0.29) is 35.9 Å². The third-order valence-corrected chi connectivity index (χ3v) is 8.45. The highest BCUT2D eigenvalue weighted by atomic mass is 16.5. The van der Waals surface area contributed by atoms with E-state index < -0.39 is 34.5 Å². The van der Waals surface area contributed by atoms with Crippen LogP contribution in [0.1, 0.15) is 40.5 Å². The lowest BCUT2D eigenvalue weighted by molar-refractivity contribution is -0.196. The first-order valence-electron chi connectivity index (χ1n) is 10.7. The third kappa shape index (κ3) is 2.75. The largest absolute Gasteiger partial charge is 0.467 e. The summed E-state index contributed by atoms with van der Waals surface area (Å²) in [6, 6.07) is 0. The number of allylic oxidation sites excluding steroid dienone is 5. The van der Waals surface area contributed by atoms with E-state index in [9.17, 15) is 24.6 Å². The van der Waals surface area contributed by atoms with Gasteiger partial charge in [0.15, 0.2) is 11.4 Å². The van der Waals surface area contributed by atoms with Gasteiger partial charge in [0.1, 0.15) is 5.76 Å². The second kappa shape index (κ2) is 6.87. The van der Waals surface area contributed by atoms with E-state index in [2.05, 4.69) is 0 Å². The van der Waals surface area contributed by atoms with Gasteiger partial charge in [-0.25, -0.2) is 4.79 Å². The molecule has 0 aromatic heterocycles. The normalized spacial score (nSPS) is 45.6. The summed E-state index contributed by atoms with van der Waals surface area (Å²) in [5.41, 5.74) is -2.81. The van der Waals surface area contributed by atoms with Crippen molar-refractivity contribution >= 4 is 17.7 Å². The molecule has 0 radical (unpaired) electrons. The van der Waals surface area contributed by atoms with Gasteiger partial charge in [0.2, 0.25) is 0 Å². The van der Waals surface area contributed by atoms with Crippen LogP contribution in [0.15, 0.2) is 35.6 Å². The van der Waals surface area contributed by atoms with Gasteiger partial charge in [0.05, 0.1) is 13.2 Å². The van der Waals surface area contributed by atoms with E-state index in [1.807, 2.05) is 26.8 Å². The monoisotopic (exact) mass is 430 g/mol. The molecule has 168 valence electrons. The molecule has 0 spiro atoms. The summed E-state index contributed by atoms with van der Waals surface area (Å²) in [5, 5.41) is 23.0. The molecule has 4 rings (SSSR count). The maximum absolute atomic E-state index is 12.7. The minimum atomic E-state index is -1.73. The quantitative estimate of drug-likeness (QED) is 0.646. The number of ketones is 1. The molecule has 0 aromatic carbocycles. The van der Waals surface area contributed by atoms with Crippen LogP contribution in [0.4, 0.5) is 0 Å². The van der Waals surface area contributed by atoms with Crippen molar-refractivity contribution in [2.45, 2.75) is 52.2 Å². The van der Waals surface area contributed by atoms with E-state index in [0.29, 0.717) is 17.8 Å². The van der Waals surface area contributed by atoms with Gasteiger partial charge in [-0.2, -0.15) is 0 Å². The van der Waals surface area contributed by atoms with Crippen molar-refractivity contribution in [1.29, 1.82) is 0 Å². The first-order valence-corrected chi connectivity index (χ1v) is 10.7. The molecule has 0 heterocycles. The first-order chi connectivity index (χ1) is 14.4. The highest BCUT2D eigenvalue weighted by molar-refractivity contribution is 6.02. The Morgan fingerprint density at radius 3 is 2.55 bits per heavy atom. The lowest BCUT2D eigenvalue weighted by Gasteiger charge is -2.58. The fraction of sp³-hybridized carbons (Fsp3) is 0.625. The molecular weight excluding hydrogens is 400 g/mol. The molecule has 0 amide bonds. The number of methoxy groups -OCH3 is 1. The smallest absolute Gasteiger partial charge is 0.338 e. The molecule has 4 aliphatic rings. The molecule has 2 fully saturated rings. The molecule has 0 unspecified atom stereocenters. The topological polar surface area (TPSA) is 110 Å². The number of ether oxygens (including phenoxy) is 2. The highest BCUT2D eigenvalue weighted by Crippen LogP contribution is 2.67. The van der Waals surface area contributed by atoms with Crippen molar-refractivity contribution in [2.24, 2.45) is 34.5 Å². The van der Waals surface area contributed by atoms with Crippen LogP contribution in [0, 0.1) is 34.5 Å². The van der Waals surface area contributed by atoms with Gasteiger partial charge in [-0.15, -0.1) is 0 Å². The maximum atomic E-state index is 12.7. The number of carbonyl (C=O) groups excluding carboxylic acids is 3. The number of fused-ring (bicyclic) bond motifs is 5. The number of carbonyl (C=O) groups is 3. The lowest BCUT2D eigenvalue weighted by atomic mass is 9.47. The van der Waals surface area contributed by atoms with Gasteiger partial charge >= 0.3 is 11.9 Å². The Morgan fingerprint density at radius 1 is 1.26 bits per heavy atom. The van der Waals surface area contributed by atoms with Gasteiger partial charge in [0.25, 0.3) is 0 Å². The summed E-state index contributed by atoms with van der Waals surface area (Å²) in [6.07, 6.45) is 6.47. The molecule has 0 aromatic rings. The molecular formula is C24H30O7. The zero-order chi connectivity index (χ0) is 22.9. The van der Waals surface area contributed by atoms with Crippen molar-refractivity contribution in [3.05, 3.63) is 35.6 Å². The predicted octanol–water partition coefficient (Wildman–Crippen LogP) is 2.08. The second-order valence-electron chi connectivity index (χ2n) is 9.99.